The number of nitrogens with zero attached hydrogens (tertiary/aromatic N) is 1. The lowest BCUT2D eigenvalue weighted by Crippen LogP contribution is -2.20. The number of alkyl halides is 3. The van der Waals surface area contributed by atoms with Crippen molar-refractivity contribution in [3.63, 3.8) is 0 Å². The fourth-order valence-corrected chi connectivity index (χ4v) is 0.913. The summed E-state index contributed by atoms with van der Waals surface area (Å²) in [6.45, 7) is -0.178. The van der Waals surface area contributed by atoms with Gasteiger partial charge in [-0.2, -0.15) is 4.98 Å². The molecule has 1 aromatic heterocycles. The van der Waals surface area contributed by atoms with Crippen molar-refractivity contribution in [1.29, 1.82) is 0 Å². The predicted molar refractivity (Wildman–Crippen MR) is 47.6 cm³/mol. The first-order valence-electron chi connectivity index (χ1n) is 3.84. The van der Waals surface area contributed by atoms with E-state index in [9.17, 15) is 13.2 Å². The van der Waals surface area contributed by atoms with E-state index in [1.54, 1.807) is 0 Å². The van der Waals surface area contributed by atoms with Crippen molar-refractivity contribution < 1.29 is 17.9 Å². The molecular formula is C7H9F3N4O. The maximum atomic E-state index is 11.9. The Morgan fingerprint density at radius 3 is 2.40 bits per heavy atom. The van der Waals surface area contributed by atoms with E-state index < -0.39 is 12.2 Å². The van der Waals surface area contributed by atoms with Crippen LogP contribution < -0.4 is 21.9 Å². The molecule has 5 nitrogen and oxygen atoms in total. The molecule has 0 aliphatic heterocycles. The number of anilines is 2. The van der Waals surface area contributed by atoms with Gasteiger partial charge in [0.25, 0.3) is 0 Å². The summed E-state index contributed by atoms with van der Waals surface area (Å²) in [5, 5.41) is 0. The number of nitrogen functional groups attached to an aromatic ring is 2. The van der Waals surface area contributed by atoms with Gasteiger partial charge < -0.3 is 21.9 Å². The Kier molecular flexibility index (Phi) is 2.89. The van der Waals surface area contributed by atoms with Crippen LogP contribution in [0.15, 0.2) is 6.07 Å². The number of rotatable bonds is 2. The zero-order valence-electron chi connectivity index (χ0n) is 7.51. The SMILES string of the molecule is NCc1cc(N)c(N)nc1OC(F)(F)F. The average molecular weight is 222 g/mol. The highest BCUT2D eigenvalue weighted by Gasteiger charge is 2.33. The summed E-state index contributed by atoms with van der Waals surface area (Å²) in [7, 11) is 0. The number of ether oxygens (including phenoxy) is 1. The topological polar surface area (TPSA) is 100 Å². The zero-order chi connectivity index (χ0) is 11.6. The molecule has 0 aromatic carbocycles. The van der Waals surface area contributed by atoms with Crippen LogP contribution in [0.25, 0.3) is 0 Å². The van der Waals surface area contributed by atoms with Crippen LogP contribution in [0.1, 0.15) is 5.56 Å². The van der Waals surface area contributed by atoms with Crippen molar-refractivity contribution in [1.82, 2.24) is 4.98 Å². The van der Waals surface area contributed by atoms with Crippen molar-refractivity contribution in [2.24, 2.45) is 5.73 Å². The van der Waals surface area contributed by atoms with E-state index in [0.717, 1.165) is 0 Å². The van der Waals surface area contributed by atoms with Crippen molar-refractivity contribution in [2.45, 2.75) is 12.9 Å². The number of halogens is 3. The number of nitrogens with two attached hydrogens (primary N) is 3. The lowest BCUT2D eigenvalue weighted by Gasteiger charge is -2.12. The number of hydrogen-bond acceptors (Lipinski definition) is 5. The summed E-state index contributed by atoms with van der Waals surface area (Å²) >= 11 is 0. The van der Waals surface area contributed by atoms with Crippen LogP contribution in [0.4, 0.5) is 24.7 Å². The summed E-state index contributed by atoms with van der Waals surface area (Å²) in [6, 6.07) is 1.20. The molecule has 15 heavy (non-hydrogen) atoms. The monoisotopic (exact) mass is 222 g/mol. The van der Waals surface area contributed by atoms with Crippen LogP contribution in [-0.2, 0) is 6.54 Å². The molecule has 0 bridgehead atoms. The second-order valence-electron chi connectivity index (χ2n) is 2.68. The lowest BCUT2D eigenvalue weighted by molar-refractivity contribution is -0.276. The molecule has 0 saturated heterocycles. The van der Waals surface area contributed by atoms with Crippen LogP contribution in [0.5, 0.6) is 5.88 Å². The zero-order valence-corrected chi connectivity index (χ0v) is 7.51. The first-order chi connectivity index (χ1) is 6.83. The van der Waals surface area contributed by atoms with Gasteiger partial charge in [0.15, 0.2) is 5.82 Å². The smallest absolute Gasteiger partial charge is 0.396 e. The molecular weight excluding hydrogens is 213 g/mol. The first-order valence-corrected chi connectivity index (χ1v) is 3.84. The van der Waals surface area contributed by atoms with Gasteiger partial charge >= 0.3 is 6.36 Å². The molecule has 0 fully saturated rings. The van der Waals surface area contributed by atoms with Crippen molar-refractivity contribution in [3.8, 4) is 5.88 Å². The Morgan fingerprint density at radius 1 is 1.33 bits per heavy atom. The molecule has 0 spiro atoms. The van der Waals surface area contributed by atoms with Crippen LogP contribution in [0.2, 0.25) is 0 Å². The number of aromatic nitrogens is 1. The third kappa shape index (κ3) is 2.88. The molecule has 8 heteroatoms. The minimum absolute atomic E-state index is 0.0408. The van der Waals surface area contributed by atoms with E-state index in [2.05, 4.69) is 9.72 Å². The Hall–Kier alpha value is -1.70. The van der Waals surface area contributed by atoms with E-state index in [-0.39, 0.29) is 23.6 Å². The van der Waals surface area contributed by atoms with E-state index in [4.69, 9.17) is 17.2 Å². The molecule has 1 heterocycles. The Morgan fingerprint density at radius 2 is 1.93 bits per heavy atom. The van der Waals surface area contributed by atoms with E-state index in [1.807, 2.05) is 0 Å². The lowest BCUT2D eigenvalue weighted by atomic mass is 10.2. The second kappa shape index (κ2) is 3.81. The second-order valence-corrected chi connectivity index (χ2v) is 2.68. The highest BCUT2D eigenvalue weighted by Crippen LogP contribution is 2.27. The normalized spacial score (nSPS) is 11.5. The standard InChI is InChI=1S/C7H9F3N4O/c8-7(9,10)15-6-3(2-11)1-4(12)5(13)14-6/h1H,2,11-12H2,(H2,13,14). The van der Waals surface area contributed by atoms with Crippen LogP contribution in [0, 0.1) is 0 Å². The molecule has 0 saturated carbocycles. The third-order valence-corrected chi connectivity index (χ3v) is 1.55. The summed E-state index contributed by atoms with van der Waals surface area (Å²) < 4.78 is 39.4. The van der Waals surface area contributed by atoms with Crippen LogP contribution >= 0.6 is 0 Å². The van der Waals surface area contributed by atoms with E-state index in [0.29, 0.717) is 0 Å². The van der Waals surface area contributed by atoms with Gasteiger partial charge in [-0.1, -0.05) is 0 Å². The molecule has 0 aliphatic rings. The van der Waals surface area contributed by atoms with Gasteiger partial charge in [-0.05, 0) is 6.07 Å². The van der Waals surface area contributed by atoms with Gasteiger partial charge in [-0.15, -0.1) is 13.2 Å². The van der Waals surface area contributed by atoms with Gasteiger partial charge in [0.05, 0.1) is 5.69 Å². The van der Waals surface area contributed by atoms with Gasteiger partial charge in [-0.25, -0.2) is 0 Å². The number of hydrogen-bond donors (Lipinski definition) is 3. The molecule has 84 valence electrons. The summed E-state index contributed by atoms with van der Waals surface area (Å²) in [4.78, 5) is 3.36. The Balaban J connectivity index is 3.11. The van der Waals surface area contributed by atoms with Crippen LogP contribution in [-0.4, -0.2) is 11.3 Å². The quantitative estimate of drug-likeness (QED) is 0.680. The first kappa shape index (κ1) is 11.4. The van der Waals surface area contributed by atoms with E-state index >= 15 is 0 Å². The molecule has 0 amide bonds. The molecule has 0 atom stereocenters. The fourth-order valence-electron chi connectivity index (χ4n) is 0.913. The average Bonchev–Trinajstić information content (AvgIpc) is 2.08. The van der Waals surface area contributed by atoms with Crippen molar-refractivity contribution in [2.75, 3.05) is 11.5 Å². The molecule has 0 aliphatic carbocycles. The summed E-state index contributed by atoms with van der Waals surface area (Å²) in [5.74, 6) is -0.900. The summed E-state index contributed by atoms with van der Waals surface area (Å²) in [5.41, 5.74) is 15.9. The van der Waals surface area contributed by atoms with Gasteiger partial charge in [0.2, 0.25) is 5.88 Å². The largest absolute Gasteiger partial charge is 0.574 e. The molecule has 1 aromatic rings. The minimum Gasteiger partial charge on any atom is -0.396 e. The molecule has 1 rings (SSSR count). The maximum Gasteiger partial charge on any atom is 0.574 e. The summed E-state index contributed by atoms with van der Waals surface area (Å²) in [6.07, 6.45) is -4.83. The highest BCUT2D eigenvalue weighted by molar-refractivity contribution is 5.61. The Bertz CT molecular complexity index is 366. The van der Waals surface area contributed by atoms with Gasteiger partial charge in [0, 0.05) is 12.1 Å². The van der Waals surface area contributed by atoms with E-state index in [1.165, 1.54) is 6.07 Å². The third-order valence-electron chi connectivity index (χ3n) is 1.55. The predicted octanol–water partition coefficient (Wildman–Crippen LogP) is 0.603. The van der Waals surface area contributed by atoms with Crippen LogP contribution in [0.3, 0.4) is 0 Å². The Labute approximate surface area is 83.0 Å². The fraction of sp³-hybridized carbons (Fsp3) is 0.286. The van der Waals surface area contributed by atoms with Crippen molar-refractivity contribution in [3.05, 3.63) is 11.6 Å². The molecule has 0 radical (unpaired) electrons. The molecule has 6 N–H and O–H groups in total. The number of pyridine rings is 1. The van der Waals surface area contributed by atoms with Crippen molar-refractivity contribution >= 4 is 11.5 Å². The van der Waals surface area contributed by atoms with Gasteiger partial charge in [0.1, 0.15) is 0 Å². The molecule has 0 unspecified atom stereocenters. The maximum absolute atomic E-state index is 11.9. The minimum atomic E-state index is -4.83. The highest BCUT2D eigenvalue weighted by atomic mass is 19.4. The van der Waals surface area contributed by atoms with Gasteiger partial charge in [-0.3, -0.25) is 0 Å².